The number of pyridine rings is 1. The zero-order valence-electron chi connectivity index (χ0n) is 31.5. The van der Waals surface area contributed by atoms with E-state index in [9.17, 15) is 14.4 Å². The summed E-state index contributed by atoms with van der Waals surface area (Å²) >= 11 is 0. The van der Waals surface area contributed by atoms with Crippen LogP contribution in [0.15, 0.2) is 67.5 Å². The van der Waals surface area contributed by atoms with Gasteiger partial charge in [0.25, 0.3) is 0 Å². The average Bonchev–Trinajstić information content (AvgIpc) is 3.60. The molecule has 1 N–H and O–H groups in total. The minimum Gasteiger partial charge on any atom is -0.497 e. The minimum absolute atomic E-state index is 0.0197. The van der Waals surface area contributed by atoms with E-state index in [2.05, 4.69) is 27.5 Å². The third kappa shape index (κ3) is 6.84. The molecule has 1 aliphatic carbocycles. The van der Waals surface area contributed by atoms with E-state index in [-0.39, 0.29) is 41.4 Å². The van der Waals surface area contributed by atoms with Crippen molar-refractivity contribution in [3.05, 3.63) is 89.9 Å². The van der Waals surface area contributed by atoms with Gasteiger partial charge >= 0.3 is 18.1 Å². The minimum atomic E-state index is -1.00. The first-order valence-corrected chi connectivity index (χ1v) is 18.1. The van der Waals surface area contributed by atoms with E-state index in [0.29, 0.717) is 19.4 Å². The van der Waals surface area contributed by atoms with Gasteiger partial charge in [-0.2, -0.15) is 0 Å². The maximum Gasteiger partial charge on any atom is 0.514 e. The molecule has 0 radical (unpaired) electrons. The first-order valence-electron chi connectivity index (χ1n) is 18.1. The summed E-state index contributed by atoms with van der Waals surface area (Å²) in [5.41, 5.74) is 3.44. The SMILES string of the molecule is C=CC12CC3c4[nH]c5cc(OC)ccc5c4CCN3CC1CC(OC(=O)c1cc(OC)c(OC(=O)OCc3ccncc3)c(OC)c1)C(OC)C2C(=O)OC. The lowest BCUT2D eigenvalue weighted by atomic mass is 9.53. The van der Waals surface area contributed by atoms with Gasteiger partial charge in [0.05, 0.1) is 46.0 Å². The maximum absolute atomic E-state index is 14.0. The molecule has 4 aromatic rings. The zero-order chi connectivity index (χ0) is 38.9. The molecule has 6 atom stereocenters. The molecular weight excluding hydrogens is 710 g/mol. The molecule has 290 valence electrons. The monoisotopic (exact) mass is 755 g/mol. The van der Waals surface area contributed by atoms with Crippen LogP contribution >= 0.6 is 0 Å². The highest BCUT2D eigenvalue weighted by Crippen LogP contribution is 2.58. The van der Waals surface area contributed by atoms with E-state index in [1.165, 1.54) is 46.1 Å². The fourth-order valence-electron chi connectivity index (χ4n) is 8.84. The summed E-state index contributed by atoms with van der Waals surface area (Å²) in [6.45, 7) is 5.71. The van der Waals surface area contributed by atoms with Crippen LogP contribution in [-0.2, 0) is 36.8 Å². The van der Waals surface area contributed by atoms with Crippen LogP contribution in [0, 0.1) is 17.3 Å². The molecule has 2 aromatic heterocycles. The number of carbonyl (C=O) groups is 3. The van der Waals surface area contributed by atoms with Crippen molar-refractivity contribution in [1.29, 1.82) is 0 Å². The second-order valence-electron chi connectivity index (χ2n) is 14.0. The largest absolute Gasteiger partial charge is 0.514 e. The van der Waals surface area contributed by atoms with Crippen molar-refractivity contribution < 1.29 is 52.3 Å². The number of H-pyrrole nitrogens is 1. The van der Waals surface area contributed by atoms with Crippen molar-refractivity contribution in [3.8, 4) is 23.0 Å². The van der Waals surface area contributed by atoms with Gasteiger partial charge in [0.15, 0.2) is 11.5 Å². The maximum atomic E-state index is 14.0. The lowest BCUT2D eigenvalue weighted by molar-refractivity contribution is -0.189. The van der Waals surface area contributed by atoms with Crippen molar-refractivity contribution in [2.45, 2.75) is 44.1 Å². The molecule has 1 saturated carbocycles. The van der Waals surface area contributed by atoms with Crippen LogP contribution < -0.4 is 18.9 Å². The number of ether oxygens (including phenoxy) is 8. The molecule has 2 aliphatic heterocycles. The van der Waals surface area contributed by atoms with E-state index in [1.54, 1.807) is 31.6 Å². The molecule has 4 heterocycles. The Labute approximate surface area is 318 Å². The molecule has 2 aromatic carbocycles. The quantitative estimate of drug-likeness (QED) is 0.0845. The average molecular weight is 756 g/mol. The van der Waals surface area contributed by atoms with Gasteiger partial charge in [-0.15, -0.1) is 6.58 Å². The molecule has 6 unspecified atom stereocenters. The van der Waals surface area contributed by atoms with E-state index >= 15 is 0 Å². The predicted molar refractivity (Wildman–Crippen MR) is 198 cm³/mol. The van der Waals surface area contributed by atoms with Crippen molar-refractivity contribution in [2.75, 3.05) is 48.6 Å². The molecule has 3 aliphatic rings. The van der Waals surface area contributed by atoms with Crippen molar-refractivity contribution >= 4 is 29.0 Å². The lowest BCUT2D eigenvalue weighted by Crippen LogP contribution is -2.63. The molecule has 14 heteroatoms. The van der Waals surface area contributed by atoms with E-state index in [1.807, 2.05) is 18.2 Å². The number of piperidine rings is 1. The number of nitrogens with one attached hydrogen (secondary N) is 1. The number of aromatic nitrogens is 2. The Balaban J connectivity index is 1.15. The fraction of sp³-hybridized carbons (Fsp3) is 0.415. The van der Waals surface area contributed by atoms with Gasteiger partial charge < -0.3 is 42.9 Å². The highest BCUT2D eigenvalue weighted by atomic mass is 16.7. The molecule has 1 saturated heterocycles. The first kappa shape index (κ1) is 37.7. The Kier molecular flexibility index (Phi) is 10.7. The Morgan fingerprint density at radius 3 is 2.40 bits per heavy atom. The second-order valence-corrected chi connectivity index (χ2v) is 14.0. The summed E-state index contributed by atoms with van der Waals surface area (Å²) in [5, 5.41) is 1.16. The number of esters is 2. The van der Waals surface area contributed by atoms with Crippen LogP contribution in [0.3, 0.4) is 0 Å². The number of nitrogens with zero attached hydrogens (tertiary/aromatic N) is 2. The summed E-state index contributed by atoms with van der Waals surface area (Å²) in [5.74, 6) is -1.37. The normalized spacial score (nSPS) is 24.3. The van der Waals surface area contributed by atoms with Gasteiger partial charge in [0.2, 0.25) is 5.75 Å². The number of allylic oxidation sites excluding steroid dienone is 1. The summed E-state index contributed by atoms with van der Waals surface area (Å²) in [6.07, 6.45) is 4.21. The van der Waals surface area contributed by atoms with Gasteiger partial charge in [0.1, 0.15) is 24.6 Å². The second kappa shape index (κ2) is 15.6. The highest BCUT2D eigenvalue weighted by Gasteiger charge is 2.62. The predicted octanol–water partition coefficient (Wildman–Crippen LogP) is 5.83. The fourth-order valence-corrected chi connectivity index (χ4v) is 8.84. The molecule has 2 fully saturated rings. The third-order valence-electron chi connectivity index (χ3n) is 11.5. The van der Waals surface area contributed by atoms with Crippen LogP contribution in [0.4, 0.5) is 4.79 Å². The van der Waals surface area contributed by atoms with Crippen molar-refractivity contribution in [2.24, 2.45) is 17.3 Å². The van der Waals surface area contributed by atoms with Crippen LogP contribution in [0.1, 0.15) is 46.1 Å². The Hall–Kier alpha value is -5.60. The van der Waals surface area contributed by atoms with Gasteiger partial charge in [-0.1, -0.05) is 6.08 Å². The van der Waals surface area contributed by atoms with Gasteiger partial charge in [-0.05, 0) is 72.7 Å². The van der Waals surface area contributed by atoms with Crippen LogP contribution in [0.25, 0.3) is 10.9 Å². The topological polar surface area (TPSA) is 157 Å². The Morgan fingerprint density at radius 1 is 1.00 bits per heavy atom. The third-order valence-corrected chi connectivity index (χ3v) is 11.5. The molecule has 0 bridgehead atoms. The molecule has 55 heavy (non-hydrogen) atoms. The smallest absolute Gasteiger partial charge is 0.497 e. The number of fused-ring (bicyclic) bond motifs is 6. The molecular formula is C41H45N3O11. The van der Waals surface area contributed by atoms with Crippen LogP contribution in [0.5, 0.6) is 23.0 Å². The Morgan fingerprint density at radius 2 is 1.75 bits per heavy atom. The number of benzene rings is 2. The Bertz CT molecular complexity index is 2060. The van der Waals surface area contributed by atoms with Crippen LogP contribution in [-0.4, -0.2) is 93.8 Å². The first-order chi connectivity index (χ1) is 26.7. The summed E-state index contributed by atoms with van der Waals surface area (Å²) in [7, 11) is 7.24. The van der Waals surface area contributed by atoms with E-state index in [0.717, 1.165) is 40.9 Å². The summed E-state index contributed by atoms with van der Waals surface area (Å²) in [6, 6.07) is 12.2. The number of aromatic amines is 1. The highest BCUT2D eigenvalue weighted by molar-refractivity contribution is 5.92. The summed E-state index contributed by atoms with van der Waals surface area (Å²) in [4.78, 5) is 50.5. The summed E-state index contributed by atoms with van der Waals surface area (Å²) < 4.78 is 44.9. The van der Waals surface area contributed by atoms with Gasteiger partial charge in [-0.3, -0.25) is 14.7 Å². The van der Waals surface area contributed by atoms with E-state index < -0.39 is 41.6 Å². The molecule has 0 spiro atoms. The van der Waals surface area contributed by atoms with Gasteiger partial charge in [0, 0.05) is 60.7 Å². The number of methoxy groups -OCH3 is 5. The number of rotatable bonds is 11. The van der Waals surface area contributed by atoms with Gasteiger partial charge in [-0.25, -0.2) is 9.59 Å². The molecule has 14 nitrogen and oxygen atoms in total. The number of hydrogen-bond acceptors (Lipinski definition) is 13. The molecule has 7 rings (SSSR count). The number of hydrogen-bond donors (Lipinski definition) is 1. The number of carbonyl (C=O) groups excluding carboxylic acids is 3. The van der Waals surface area contributed by atoms with Crippen molar-refractivity contribution in [3.63, 3.8) is 0 Å². The van der Waals surface area contributed by atoms with E-state index in [4.69, 9.17) is 37.9 Å². The lowest BCUT2D eigenvalue weighted by Gasteiger charge is -2.58. The molecule has 0 amide bonds. The standard InChI is InChI=1S/C41H45N3O11/c1-7-41-20-30-35-28(27-9-8-26(48-2)19-29(27)43-35)12-15-44(30)21-25(41)18-33(37(51-5)34(41)39(46)52-6)54-38(45)24-16-31(49-3)36(32(17-24)50-4)55-40(47)53-22-23-10-13-42-14-11-23/h7-11,13-14,16-17,19,25,30,33-34,37,43H,1,12,15,18,20-22H2,2-6H3. The van der Waals surface area contributed by atoms with Crippen molar-refractivity contribution in [1.82, 2.24) is 14.9 Å². The van der Waals surface area contributed by atoms with Crippen LogP contribution in [0.2, 0.25) is 0 Å². The zero-order valence-corrected chi connectivity index (χ0v) is 31.5.